The molecule has 2 nitrogen and oxygen atoms in total. The van der Waals surface area contributed by atoms with Crippen LogP contribution >= 0.6 is 0 Å². The van der Waals surface area contributed by atoms with Crippen LogP contribution in [0, 0.1) is 0 Å². The first kappa shape index (κ1) is 11.2. The number of fused-ring (bicyclic) bond motifs is 1. The summed E-state index contributed by atoms with van der Waals surface area (Å²) in [4.78, 5) is 3.46. The summed E-state index contributed by atoms with van der Waals surface area (Å²) in [6.07, 6.45) is 6.11. The predicted molar refractivity (Wildman–Crippen MR) is 69.5 cm³/mol. The van der Waals surface area contributed by atoms with Crippen LogP contribution in [0.3, 0.4) is 0 Å². The molecule has 0 unspecified atom stereocenters. The molecule has 1 aromatic carbocycles. The van der Waals surface area contributed by atoms with Crippen LogP contribution in [0.5, 0.6) is 0 Å². The van der Waals surface area contributed by atoms with Crippen LogP contribution in [0.2, 0.25) is 0 Å². The molecule has 0 fully saturated rings. The zero-order valence-electron chi connectivity index (χ0n) is 9.71. The second kappa shape index (κ2) is 5.71. The van der Waals surface area contributed by atoms with Gasteiger partial charge in [-0.25, -0.2) is 0 Å². The SMILES string of the molecule is NCCCCCCc1cc2ccccc2[nH]1. The summed E-state index contributed by atoms with van der Waals surface area (Å²) in [6, 6.07) is 10.7. The number of H-pyrrole nitrogens is 1. The van der Waals surface area contributed by atoms with Crippen LogP contribution in [-0.2, 0) is 6.42 Å². The Labute approximate surface area is 96.9 Å². The van der Waals surface area contributed by atoms with E-state index in [2.05, 4.69) is 35.3 Å². The number of aryl methyl sites for hydroxylation is 1. The Morgan fingerprint density at radius 2 is 1.81 bits per heavy atom. The van der Waals surface area contributed by atoms with E-state index in [4.69, 9.17) is 5.73 Å². The van der Waals surface area contributed by atoms with E-state index in [9.17, 15) is 0 Å². The fourth-order valence-electron chi connectivity index (χ4n) is 2.08. The van der Waals surface area contributed by atoms with Crippen molar-refractivity contribution < 1.29 is 0 Å². The van der Waals surface area contributed by atoms with Crippen LogP contribution in [0.15, 0.2) is 30.3 Å². The maximum atomic E-state index is 5.47. The number of unbranched alkanes of at least 4 members (excludes halogenated alkanes) is 3. The van der Waals surface area contributed by atoms with Gasteiger partial charge in [-0.05, 0) is 43.3 Å². The monoisotopic (exact) mass is 216 g/mol. The molecule has 0 saturated carbocycles. The fraction of sp³-hybridized carbons (Fsp3) is 0.429. The summed E-state index contributed by atoms with van der Waals surface area (Å²) in [6.45, 7) is 0.826. The zero-order chi connectivity index (χ0) is 11.2. The van der Waals surface area contributed by atoms with Crippen molar-refractivity contribution in [3.05, 3.63) is 36.0 Å². The third kappa shape index (κ3) is 2.86. The van der Waals surface area contributed by atoms with E-state index in [1.807, 2.05) is 0 Å². The van der Waals surface area contributed by atoms with E-state index in [-0.39, 0.29) is 0 Å². The van der Waals surface area contributed by atoms with Crippen molar-refractivity contribution in [3.63, 3.8) is 0 Å². The number of nitrogens with two attached hydrogens (primary N) is 1. The van der Waals surface area contributed by atoms with Gasteiger partial charge in [0.1, 0.15) is 0 Å². The lowest BCUT2D eigenvalue weighted by atomic mass is 10.1. The molecule has 0 spiro atoms. The second-order valence-corrected chi connectivity index (χ2v) is 4.33. The number of benzene rings is 1. The average molecular weight is 216 g/mol. The van der Waals surface area contributed by atoms with Crippen molar-refractivity contribution in [2.75, 3.05) is 6.54 Å². The minimum Gasteiger partial charge on any atom is -0.358 e. The highest BCUT2D eigenvalue weighted by atomic mass is 14.7. The van der Waals surface area contributed by atoms with Crippen molar-refractivity contribution in [2.24, 2.45) is 5.73 Å². The van der Waals surface area contributed by atoms with Gasteiger partial charge in [0.25, 0.3) is 0 Å². The van der Waals surface area contributed by atoms with Crippen molar-refractivity contribution >= 4 is 10.9 Å². The largest absolute Gasteiger partial charge is 0.358 e. The molecule has 0 aliphatic heterocycles. The van der Waals surface area contributed by atoms with E-state index in [1.165, 1.54) is 35.9 Å². The number of hydrogen-bond acceptors (Lipinski definition) is 1. The Balaban J connectivity index is 1.85. The molecule has 0 amide bonds. The maximum absolute atomic E-state index is 5.47. The van der Waals surface area contributed by atoms with Crippen LogP contribution in [0.1, 0.15) is 31.4 Å². The molecule has 86 valence electrons. The number of para-hydroxylation sites is 1. The Bertz CT molecular complexity index is 398. The quantitative estimate of drug-likeness (QED) is 0.715. The zero-order valence-corrected chi connectivity index (χ0v) is 9.71. The third-order valence-electron chi connectivity index (χ3n) is 2.99. The van der Waals surface area contributed by atoms with Crippen molar-refractivity contribution in [1.82, 2.24) is 4.98 Å². The Morgan fingerprint density at radius 1 is 1.00 bits per heavy atom. The predicted octanol–water partition coefficient (Wildman–Crippen LogP) is 3.23. The van der Waals surface area contributed by atoms with Gasteiger partial charge in [-0.3, -0.25) is 0 Å². The number of hydrogen-bond donors (Lipinski definition) is 2. The van der Waals surface area contributed by atoms with Crippen LogP contribution in [0.4, 0.5) is 0 Å². The summed E-state index contributed by atoms with van der Waals surface area (Å²) in [7, 11) is 0. The van der Waals surface area contributed by atoms with Crippen LogP contribution in [0.25, 0.3) is 10.9 Å². The molecule has 0 atom stereocenters. The number of aromatic nitrogens is 1. The highest BCUT2D eigenvalue weighted by Crippen LogP contribution is 2.16. The lowest BCUT2D eigenvalue weighted by Gasteiger charge is -1.98. The minimum absolute atomic E-state index is 0.826. The Morgan fingerprint density at radius 3 is 2.62 bits per heavy atom. The molecule has 0 aliphatic carbocycles. The minimum atomic E-state index is 0.826. The molecule has 16 heavy (non-hydrogen) atoms. The Hall–Kier alpha value is -1.28. The van der Waals surface area contributed by atoms with Gasteiger partial charge in [0.2, 0.25) is 0 Å². The highest BCUT2D eigenvalue weighted by Gasteiger charge is 1.99. The van der Waals surface area contributed by atoms with Crippen LogP contribution in [-0.4, -0.2) is 11.5 Å². The van der Waals surface area contributed by atoms with Gasteiger partial charge in [0.05, 0.1) is 0 Å². The van der Waals surface area contributed by atoms with Crippen molar-refractivity contribution in [2.45, 2.75) is 32.1 Å². The average Bonchev–Trinajstić information content (AvgIpc) is 2.71. The lowest BCUT2D eigenvalue weighted by molar-refractivity contribution is 0.643. The van der Waals surface area contributed by atoms with Gasteiger partial charge in [-0.1, -0.05) is 31.0 Å². The summed E-state index contributed by atoms with van der Waals surface area (Å²) in [5.41, 5.74) is 8.07. The molecular weight excluding hydrogens is 196 g/mol. The van der Waals surface area contributed by atoms with Gasteiger partial charge in [-0.2, -0.15) is 0 Å². The number of aromatic amines is 1. The molecule has 2 aromatic rings. The van der Waals surface area contributed by atoms with Crippen molar-refractivity contribution in [1.29, 1.82) is 0 Å². The smallest absolute Gasteiger partial charge is 0.0456 e. The first-order chi connectivity index (χ1) is 7.90. The Kier molecular flexibility index (Phi) is 4.00. The topological polar surface area (TPSA) is 41.8 Å². The van der Waals surface area contributed by atoms with Gasteiger partial charge in [0.15, 0.2) is 0 Å². The highest BCUT2D eigenvalue weighted by molar-refractivity contribution is 5.80. The van der Waals surface area contributed by atoms with Crippen molar-refractivity contribution in [3.8, 4) is 0 Å². The lowest BCUT2D eigenvalue weighted by Crippen LogP contribution is -1.97. The van der Waals surface area contributed by atoms with Gasteiger partial charge >= 0.3 is 0 Å². The molecule has 0 radical (unpaired) electrons. The summed E-state index contributed by atoms with van der Waals surface area (Å²) >= 11 is 0. The first-order valence-corrected chi connectivity index (χ1v) is 6.17. The van der Waals surface area contributed by atoms with Gasteiger partial charge in [0, 0.05) is 11.2 Å². The molecule has 1 heterocycles. The van der Waals surface area contributed by atoms with E-state index < -0.39 is 0 Å². The van der Waals surface area contributed by atoms with E-state index in [0.29, 0.717) is 0 Å². The van der Waals surface area contributed by atoms with E-state index >= 15 is 0 Å². The molecule has 0 aliphatic rings. The number of nitrogens with one attached hydrogen (secondary N) is 1. The molecular formula is C14H20N2. The maximum Gasteiger partial charge on any atom is 0.0456 e. The molecule has 1 aromatic heterocycles. The van der Waals surface area contributed by atoms with Crippen LogP contribution < -0.4 is 5.73 Å². The summed E-state index contributed by atoms with van der Waals surface area (Å²) in [5.74, 6) is 0. The van der Waals surface area contributed by atoms with Gasteiger partial charge in [-0.15, -0.1) is 0 Å². The normalized spacial score (nSPS) is 11.1. The molecule has 2 heteroatoms. The first-order valence-electron chi connectivity index (χ1n) is 6.17. The van der Waals surface area contributed by atoms with E-state index in [1.54, 1.807) is 0 Å². The second-order valence-electron chi connectivity index (χ2n) is 4.33. The standard InChI is InChI=1S/C14H20N2/c15-10-6-2-1-3-8-13-11-12-7-4-5-9-14(12)16-13/h4-5,7,9,11,16H,1-3,6,8,10,15H2. The molecule has 0 bridgehead atoms. The fourth-order valence-corrected chi connectivity index (χ4v) is 2.08. The third-order valence-corrected chi connectivity index (χ3v) is 2.99. The molecule has 2 rings (SSSR count). The molecule has 3 N–H and O–H groups in total. The van der Waals surface area contributed by atoms with Gasteiger partial charge < -0.3 is 10.7 Å². The summed E-state index contributed by atoms with van der Waals surface area (Å²) in [5, 5.41) is 1.32. The molecule has 0 saturated heterocycles. The number of rotatable bonds is 6. The van der Waals surface area contributed by atoms with E-state index in [0.717, 1.165) is 19.4 Å². The summed E-state index contributed by atoms with van der Waals surface area (Å²) < 4.78 is 0.